The van der Waals surface area contributed by atoms with Crippen LogP contribution < -0.4 is 4.90 Å². The Bertz CT molecular complexity index is 937. The van der Waals surface area contributed by atoms with Crippen molar-refractivity contribution >= 4 is 11.3 Å². The lowest BCUT2D eigenvalue weighted by Crippen LogP contribution is -2.51. The SMILES string of the molecule is Fc1ccc(-c2cc3c(N4CCN(C5CCCCC5)CC4)nccn3n2)cc1. The Morgan fingerprint density at radius 1 is 0.929 bits per heavy atom. The maximum Gasteiger partial charge on any atom is 0.154 e. The number of hydrogen-bond donors (Lipinski definition) is 0. The van der Waals surface area contributed by atoms with Crippen molar-refractivity contribution in [3.63, 3.8) is 0 Å². The Kier molecular flexibility index (Phi) is 4.72. The molecule has 3 heterocycles. The van der Waals surface area contributed by atoms with Gasteiger partial charge in [-0.3, -0.25) is 4.90 Å². The zero-order valence-electron chi connectivity index (χ0n) is 16.1. The van der Waals surface area contributed by atoms with Gasteiger partial charge in [-0.2, -0.15) is 5.10 Å². The first kappa shape index (κ1) is 17.6. The molecular formula is C22H26FN5. The predicted molar refractivity (Wildman–Crippen MR) is 109 cm³/mol. The smallest absolute Gasteiger partial charge is 0.154 e. The van der Waals surface area contributed by atoms with Gasteiger partial charge in [0.25, 0.3) is 0 Å². The van der Waals surface area contributed by atoms with Crippen molar-refractivity contribution in [2.24, 2.45) is 0 Å². The Balaban J connectivity index is 1.37. The Morgan fingerprint density at radius 2 is 1.68 bits per heavy atom. The summed E-state index contributed by atoms with van der Waals surface area (Å²) in [5.74, 6) is 0.761. The van der Waals surface area contributed by atoms with Crippen LogP contribution >= 0.6 is 0 Å². The monoisotopic (exact) mass is 379 g/mol. The van der Waals surface area contributed by atoms with Crippen LogP contribution in [0.1, 0.15) is 32.1 Å². The fourth-order valence-electron chi connectivity index (χ4n) is 4.66. The maximum absolute atomic E-state index is 13.2. The molecule has 0 N–H and O–H groups in total. The van der Waals surface area contributed by atoms with Crippen LogP contribution in [0.3, 0.4) is 0 Å². The largest absolute Gasteiger partial charge is 0.352 e. The molecule has 5 rings (SSSR count). The van der Waals surface area contributed by atoms with Gasteiger partial charge in [0.2, 0.25) is 0 Å². The van der Waals surface area contributed by atoms with Gasteiger partial charge in [-0.15, -0.1) is 0 Å². The van der Waals surface area contributed by atoms with Gasteiger partial charge in [-0.25, -0.2) is 13.9 Å². The van der Waals surface area contributed by atoms with E-state index in [4.69, 9.17) is 0 Å². The van der Waals surface area contributed by atoms with Gasteiger partial charge in [-0.05, 0) is 43.2 Å². The summed E-state index contributed by atoms with van der Waals surface area (Å²) in [6.07, 6.45) is 10.6. The molecule has 0 spiro atoms. The second-order valence-electron chi connectivity index (χ2n) is 7.93. The first-order valence-corrected chi connectivity index (χ1v) is 10.4. The minimum atomic E-state index is -0.231. The number of anilines is 1. The molecule has 2 aliphatic rings. The van der Waals surface area contributed by atoms with E-state index in [0.29, 0.717) is 0 Å². The number of piperazine rings is 1. The van der Waals surface area contributed by atoms with Crippen LogP contribution in [0.2, 0.25) is 0 Å². The highest BCUT2D eigenvalue weighted by molar-refractivity contribution is 5.75. The summed E-state index contributed by atoms with van der Waals surface area (Å²) in [4.78, 5) is 9.73. The van der Waals surface area contributed by atoms with Crippen molar-refractivity contribution in [1.29, 1.82) is 0 Å². The first-order chi connectivity index (χ1) is 13.8. The molecule has 0 radical (unpaired) electrons. The third kappa shape index (κ3) is 3.37. The summed E-state index contributed by atoms with van der Waals surface area (Å²) in [5, 5.41) is 4.67. The summed E-state index contributed by atoms with van der Waals surface area (Å²) in [5.41, 5.74) is 2.77. The molecule has 1 saturated carbocycles. The molecule has 28 heavy (non-hydrogen) atoms. The van der Waals surface area contributed by atoms with Crippen LogP contribution in [0.5, 0.6) is 0 Å². The average Bonchev–Trinajstić information content (AvgIpc) is 3.19. The second kappa shape index (κ2) is 7.51. The van der Waals surface area contributed by atoms with Gasteiger partial charge >= 0.3 is 0 Å². The fourth-order valence-corrected chi connectivity index (χ4v) is 4.66. The van der Waals surface area contributed by atoms with Crippen molar-refractivity contribution in [2.45, 2.75) is 38.1 Å². The van der Waals surface area contributed by atoms with E-state index in [-0.39, 0.29) is 5.82 Å². The highest BCUT2D eigenvalue weighted by Crippen LogP contribution is 2.28. The molecule has 6 heteroatoms. The lowest BCUT2D eigenvalue weighted by atomic mass is 9.94. The molecule has 0 unspecified atom stereocenters. The van der Waals surface area contributed by atoms with Crippen molar-refractivity contribution in [2.75, 3.05) is 31.1 Å². The van der Waals surface area contributed by atoms with Crippen LogP contribution in [0.4, 0.5) is 10.2 Å². The van der Waals surface area contributed by atoms with E-state index in [2.05, 4.69) is 25.9 Å². The Labute approximate surface area is 164 Å². The Morgan fingerprint density at radius 3 is 2.43 bits per heavy atom. The van der Waals surface area contributed by atoms with Gasteiger partial charge in [0.1, 0.15) is 11.3 Å². The zero-order chi connectivity index (χ0) is 18.9. The van der Waals surface area contributed by atoms with Crippen molar-refractivity contribution in [1.82, 2.24) is 19.5 Å². The summed E-state index contributed by atoms with van der Waals surface area (Å²) in [7, 11) is 0. The minimum absolute atomic E-state index is 0.231. The number of rotatable bonds is 3. The molecule has 1 saturated heterocycles. The van der Waals surface area contributed by atoms with E-state index in [1.807, 2.05) is 16.9 Å². The van der Waals surface area contributed by atoms with Gasteiger partial charge < -0.3 is 4.90 Å². The van der Waals surface area contributed by atoms with Crippen molar-refractivity contribution in [3.8, 4) is 11.3 Å². The van der Waals surface area contributed by atoms with Gasteiger partial charge in [0.05, 0.1) is 5.69 Å². The topological polar surface area (TPSA) is 36.7 Å². The summed E-state index contributed by atoms with van der Waals surface area (Å²) < 4.78 is 15.1. The lowest BCUT2D eigenvalue weighted by Gasteiger charge is -2.41. The molecule has 1 aromatic carbocycles. The van der Waals surface area contributed by atoms with E-state index in [0.717, 1.165) is 54.8 Å². The standard InChI is InChI=1S/C22H26FN5/c23-18-8-6-17(7-9-18)20-16-21-22(24-10-11-28(21)25-20)27-14-12-26(13-15-27)19-4-2-1-3-5-19/h6-11,16,19H,1-5,12-15H2. The highest BCUT2D eigenvalue weighted by Gasteiger charge is 2.26. The van der Waals surface area contributed by atoms with Crippen LogP contribution in [0.25, 0.3) is 16.8 Å². The normalized spacial score (nSPS) is 19.4. The van der Waals surface area contributed by atoms with E-state index in [9.17, 15) is 4.39 Å². The number of hydrogen-bond acceptors (Lipinski definition) is 4. The second-order valence-corrected chi connectivity index (χ2v) is 7.93. The average molecular weight is 379 g/mol. The van der Waals surface area contributed by atoms with E-state index in [1.165, 1.54) is 44.2 Å². The maximum atomic E-state index is 13.2. The number of aromatic nitrogens is 3. The van der Waals surface area contributed by atoms with Crippen LogP contribution in [0.15, 0.2) is 42.7 Å². The molecule has 0 atom stereocenters. The van der Waals surface area contributed by atoms with Crippen LogP contribution in [0, 0.1) is 5.82 Å². The van der Waals surface area contributed by atoms with E-state index < -0.39 is 0 Å². The number of halogens is 1. The molecule has 0 bridgehead atoms. The number of nitrogens with zero attached hydrogens (tertiary/aromatic N) is 5. The van der Waals surface area contributed by atoms with Crippen LogP contribution in [-0.4, -0.2) is 51.7 Å². The molecule has 146 valence electrons. The molecule has 3 aromatic rings. The van der Waals surface area contributed by atoms with Crippen molar-refractivity contribution < 1.29 is 4.39 Å². The van der Waals surface area contributed by atoms with Gasteiger partial charge in [-0.1, -0.05) is 19.3 Å². The fraction of sp³-hybridized carbons (Fsp3) is 0.455. The first-order valence-electron chi connectivity index (χ1n) is 10.4. The molecule has 1 aliphatic heterocycles. The number of benzene rings is 1. The molecule has 2 aromatic heterocycles. The molecule has 1 aliphatic carbocycles. The third-order valence-corrected chi connectivity index (χ3v) is 6.21. The summed E-state index contributed by atoms with van der Waals surface area (Å²) in [6.45, 7) is 4.21. The van der Waals surface area contributed by atoms with E-state index >= 15 is 0 Å². The summed E-state index contributed by atoms with van der Waals surface area (Å²) in [6, 6.07) is 9.33. The lowest BCUT2D eigenvalue weighted by molar-refractivity contribution is 0.148. The molecular weight excluding hydrogens is 353 g/mol. The highest BCUT2D eigenvalue weighted by atomic mass is 19.1. The van der Waals surface area contributed by atoms with Crippen molar-refractivity contribution in [3.05, 3.63) is 48.5 Å². The van der Waals surface area contributed by atoms with E-state index in [1.54, 1.807) is 12.1 Å². The van der Waals surface area contributed by atoms with Crippen LogP contribution in [-0.2, 0) is 0 Å². The summed E-state index contributed by atoms with van der Waals surface area (Å²) >= 11 is 0. The molecule has 5 nitrogen and oxygen atoms in total. The minimum Gasteiger partial charge on any atom is -0.352 e. The van der Waals surface area contributed by atoms with Gasteiger partial charge in [0, 0.05) is 50.2 Å². The Hall–Kier alpha value is -2.47. The third-order valence-electron chi connectivity index (χ3n) is 6.21. The quantitative estimate of drug-likeness (QED) is 0.690. The predicted octanol–water partition coefficient (Wildman–Crippen LogP) is 3.99. The zero-order valence-corrected chi connectivity index (χ0v) is 16.1. The van der Waals surface area contributed by atoms with Gasteiger partial charge in [0.15, 0.2) is 5.82 Å². The molecule has 2 fully saturated rings. The molecule has 0 amide bonds. The number of fused-ring (bicyclic) bond motifs is 1.